The predicted octanol–water partition coefficient (Wildman–Crippen LogP) is 1.08. The van der Waals surface area contributed by atoms with E-state index in [0.717, 1.165) is 0 Å². The molecule has 3 heteroatoms. The van der Waals surface area contributed by atoms with Crippen LogP contribution in [0.1, 0.15) is 27.7 Å². The van der Waals surface area contributed by atoms with Gasteiger partial charge in [0.05, 0.1) is 5.92 Å². The largest absolute Gasteiger partial charge is 0.343 e. The Morgan fingerprint density at radius 3 is 1.92 bits per heavy atom. The van der Waals surface area contributed by atoms with Crippen molar-refractivity contribution in [1.29, 1.82) is 0 Å². The van der Waals surface area contributed by atoms with E-state index >= 15 is 0 Å². The van der Waals surface area contributed by atoms with Gasteiger partial charge in [-0.05, 0) is 27.7 Å². The monoisotopic (exact) mass is 171 g/mol. The first-order valence-corrected chi connectivity index (χ1v) is 4.33. The van der Waals surface area contributed by atoms with E-state index in [1.54, 1.807) is 11.8 Å². The van der Waals surface area contributed by atoms with Gasteiger partial charge in [0.15, 0.2) is 0 Å². The number of hydrogen-bond donors (Lipinski definition) is 0. The average Bonchev–Trinajstić information content (AvgIpc) is 2.05. The molecule has 0 aromatic rings. The van der Waals surface area contributed by atoms with Crippen molar-refractivity contribution in [3.05, 3.63) is 0 Å². The molecule has 70 valence electrons. The Labute approximate surface area is 73.7 Å². The van der Waals surface area contributed by atoms with Gasteiger partial charge in [-0.1, -0.05) is 0 Å². The molecule has 0 saturated carbocycles. The van der Waals surface area contributed by atoms with Gasteiger partial charge in [0.1, 0.15) is 5.78 Å². The van der Waals surface area contributed by atoms with Crippen LogP contribution >= 0.6 is 0 Å². The van der Waals surface area contributed by atoms with Crippen molar-refractivity contribution >= 4 is 11.7 Å². The van der Waals surface area contributed by atoms with Crippen LogP contribution < -0.4 is 0 Å². The van der Waals surface area contributed by atoms with Crippen LogP contribution in [0.3, 0.4) is 0 Å². The van der Waals surface area contributed by atoms with Crippen LogP contribution in [0.25, 0.3) is 0 Å². The summed E-state index contributed by atoms with van der Waals surface area (Å²) in [6.07, 6.45) is 0. The van der Waals surface area contributed by atoms with Crippen LogP contribution in [0, 0.1) is 5.92 Å². The number of ketones is 1. The zero-order valence-electron chi connectivity index (χ0n) is 8.26. The second kappa shape index (κ2) is 4.91. The summed E-state index contributed by atoms with van der Waals surface area (Å²) >= 11 is 0. The number of nitrogens with zero attached hydrogens (tertiary/aromatic N) is 1. The first-order chi connectivity index (χ1) is 5.54. The number of carbonyl (C=O) groups is 2. The van der Waals surface area contributed by atoms with Crippen LogP contribution in [-0.2, 0) is 9.59 Å². The highest BCUT2D eigenvalue weighted by molar-refractivity contribution is 5.99. The SMILES string of the molecule is CCN(CC)C(=O)C(C)C(C)=O. The van der Waals surface area contributed by atoms with Gasteiger partial charge in [0.2, 0.25) is 5.91 Å². The van der Waals surface area contributed by atoms with Gasteiger partial charge in [0.25, 0.3) is 0 Å². The van der Waals surface area contributed by atoms with Gasteiger partial charge in [0, 0.05) is 13.1 Å². The summed E-state index contributed by atoms with van der Waals surface area (Å²) < 4.78 is 0. The van der Waals surface area contributed by atoms with Crippen molar-refractivity contribution in [2.75, 3.05) is 13.1 Å². The van der Waals surface area contributed by atoms with E-state index in [1.165, 1.54) is 6.92 Å². The summed E-state index contributed by atoms with van der Waals surface area (Å²) in [5.41, 5.74) is 0. The molecule has 0 aromatic heterocycles. The maximum atomic E-state index is 11.5. The van der Waals surface area contributed by atoms with Crippen LogP contribution in [-0.4, -0.2) is 29.7 Å². The second-order valence-electron chi connectivity index (χ2n) is 2.84. The summed E-state index contributed by atoms with van der Waals surface area (Å²) in [6.45, 7) is 8.28. The molecule has 0 radical (unpaired) electrons. The Hall–Kier alpha value is -0.860. The van der Waals surface area contributed by atoms with Gasteiger partial charge in [-0.15, -0.1) is 0 Å². The lowest BCUT2D eigenvalue weighted by atomic mass is 10.1. The van der Waals surface area contributed by atoms with Crippen molar-refractivity contribution in [2.45, 2.75) is 27.7 Å². The lowest BCUT2D eigenvalue weighted by molar-refractivity contribution is -0.139. The number of carbonyl (C=O) groups excluding carboxylic acids is 2. The molecule has 1 atom stereocenters. The normalized spacial score (nSPS) is 12.3. The maximum absolute atomic E-state index is 11.5. The molecule has 1 unspecified atom stereocenters. The standard InChI is InChI=1S/C9H17NO2/c1-5-10(6-2)9(12)7(3)8(4)11/h7H,5-6H2,1-4H3. The van der Waals surface area contributed by atoms with Crippen molar-refractivity contribution in [3.8, 4) is 0 Å². The van der Waals surface area contributed by atoms with Gasteiger partial charge in [-0.25, -0.2) is 0 Å². The number of amides is 1. The fraction of sp³-hybridized carbons (Fsp3) is 0.778. The minimum absolute atomic E-state index is 0.0625. The zero-order chi connectivity index (χ0) is 9.72. The Kier molecular flexibility index (Phi) is 4.55. The van der Waals surface area contributed by atoms with E-state index in [4.69, 9.17) is 0 Å². The highest BCUT2D eigenvalue weighted by Gasteiger charge is 2.21. The molecule has 0 spiro atoms. The second-order valence-corrected chi connectivity index (χ2v) is 2.84. The summed E-state index contributed by atoms with van der Waals surface area (Å²) in [4.78, 5) is 24.0. The molecule has 0 fully saturated rings. The molecular formula is C9H17NO2. The summed E-state index contributed by atoms with van der Waals surface area (Å²) in [5.74, 6) is -0.607. The molecule has 3 nitrogen and oxygen atoms in total. The topological polar surface area (TPSA) is 37.4 Å². The fourth-order valence-electron chi connectivity index (χ4n) is 0.983. The van der Waals surface area contributed by atoms with Crippen LogP contribution in [0.4, 0.5) is 0 Å². The number of hydrogen-bond acceptors (Lipinski definition) is 2. The first-order valence-electron chi connectivity index (χ1n) is 4.33. The fourth-order valence-corrected chi connectivity index (χ4v) is 0.983. The zero-order valence-corrected chi connectivity index (χ0v) is 8.26. The maximum Gasteiger partial charge on any atom is 0.232 e. The Bertz CT molecular complexity index is 173. The van der Waals surface area contributed by atoms with Crippen molar-refractivity contribution in [3.63, 3.8) is 0 Å². The minimum Gasteiger partial charge on any atom is -0.343 e. The molecular weight excluding hydrogens is 154 g/mol. The summed E-state index contributed by atoms with van der Waals surface area (Å²) in [5, 5.41) is 0. The van der Waals surface area contributed by atoms with E-state index < -0.39 is 5.92 Å². The average molecular weight is 171 g/mol. The van der Waals surface area contributed by atoms with Crippen molar-refractivity contribution in [1.82, 2.24) is 4.90 Å². The Balaban J connectivity index is 4.25. The summed E-state index contributed by atoms with van der Waals surface area (Å²) in [7, 11) is 0. The van der Waals surface area contributed by atoms with Crippen LogP contribution in [0.15, 0.2) is 0 Å². The summed E-state index contributed by atoms with van der Waals surface area (Å²) in [6, 6.07) is 0. The lowest BCUT2D eigenvalue weighted by Gasteiger charge is -2.21. The third kappa shape index (κ3) is 2.64. The number of Topliss-reactive ketones (excluding diaryl/α,β-unsaturated/α-hetero) is 1. The molecule has 0 aliphatic carbocycles. The minimum atomic E-state index is -0.482. The Morgan fingerprint density at radius 1 is 1.25 bits per heavy atom. The Morgan fingerprint density at radius 2 is 1.67 bits per heavy atom. The molecule has 0 saturated heterocycles. The van der Waals surface area contributed by atoms with Crippen molar-refractivity contribution in [2.24, 2.45) is 5.92 Å². The van der Waals surface area contributed by atoms with E-state index in [2.05, 4.69) is 0 Å². The van der Waals surface area contributed by atoms with Crippen LogP contribution in [0.2, 0.25) is 0 Å². The lowest BCUT2D eigenvalue weighted by Crippen LogP contribution is -2.37. The van der Waals surface area contributed by atoms with Gasteiger partial charge in [-0.3, -0.25) is 9.59 Å². The number of rotatable bonds is 4. The van der Waals surface area contributed by atoms with Crippen molar-refractivity contribution < 1.29 is 9.59 Å². The molecule has 0 aromatic carbocycles. The van der Waals surface area contributed by atoms with E-state index in [9.17, 15) is 9.59 Å². The molecule has 0 N–H and O–H groups in total. The van der Waals surface area contributed by atoms with E-state index in [1.807, 2.05) is 13.8 Å². The molecule has 0 bridgehead atoms. The van der Waals surface area contributed by atoms with E-state index in [0.29, 0.717) is 13.1 Å². The molecule has 0 heterocycles. The molecule has 12 heavy (non-hydrogen) atoms. The van der Waals surface area contributed by atoms with Gasteiger partial charge >= 0.3 is 0 Å². The molecule has 0 aliphatic heterocycles. The molecule has 1 amide bonds. The smallest absolute Gasteiger partial charge is 0.232 e. The highest BCUT2D eigenvalue weighted by atomic mass is 16.2. The molecule has 0 rings (SSSR count). The van der Waals surface area contributed by atoms with Gasteiger partial charge in [-0.2, -0.15) is 0 Å². The van der Waals surface area contributed by atoms with E-state index in [-0.39, 0.29) is 11.7 Å². The molecule has 0 aliphatic rings. The van der Waals surface area contributed by atoms with Crippen LogP contribution in [0.5, 0.6) is 0 Å². The quantitative estimate of drug-likeness (QED) is 0.593. The predicted molar refractivity (Wildman–Crippen MR) is 47.8 cm³/mol. The van der Waals surface area contributed by atoms with Gasteiger partial charge < -0.3 is 4.90 Å². The first kappa shape index (κ1) is 11.1. The third-order valence-electron chi connectivity index (χ3n) is 2.06. The third-order valence-corrected chi connectivity index (χ3v) is 2.06. The highest BCUT2D eigenvalue weighted by Crippen LogP contribution is 2.03.